The molecule has 3 rings (SSSR count). The van der Waals surface area contributed by atoms with Gasteiger partial charge in [0.25, 0.3) is 5.69 Å². The van der Waals surface area contributed by atoms with Crippen LogP contribution >= 0.6 is 11.3 Å². The van der Waals surface area contributed by atoms with Crippen molar-refractivity contribution in [1.29, 1.82) is 0 Å². The summed E-state index contributed by atoms with van der Waals surface area (Å²) in [6.45, 7) is 6.60. The van der Waals surface area contributed by atoms with Gasteiger partial charge in [0, 0.05) is 36.2 Å². The van der Waals surface area contributed by atoms with E-state index in [9.17, 15) is 19.7 Å². The lowest BCUT2D eigenvalue weighted by molar-refractivity contribution is -0.384. The molecule has 0 atom stereocenters. The van der Waals surface area contributed by atoms with Gasteiger partial charge in [-0.1, -0.05) is 19.1 Å². The van der Waals surface area contributed by atoms with E-state index in [4.69, 9.17) is 4.74 Å². The molecule has 0 unspecified atom stereocenters. The minimum Gasteiger partial charge on any atom is -0.462 e. The molecule has 2 heterocycles. The van der Waals surface area contributed by atoms with Crippen LogP contribution in [0.4, 0.5) is 10.7 Å². The van der Waals surface area contributed by atoms with Crippen molar-refractivity contribution in [3.63, 3.8) is 0 Å². The molecule has 9 heteroatoms. The number of likely N-dealkylation sites (N-methyl/N-ethyl adjacent to an activating group) is 1. The molecule has 0 radical (unpaired) electrons. The van der Waals surface area contributed by atoms with Crippen molar-refractivity contribution in [2.24, 2.45) is 0 Å². The predicted octanol–water partition coefficient (Wildman–Crippen LogP) is 3.86. The Kier molecular flexibility index (Phi) is 6.96. The molecule has 158 valence electrons. The van der Waals surface area contributed by atoms with E-state index < -0.39 is 16.8 Å². The molecule has 0 spiro atoms. The van der Waals surface area contributed by atoms with Crippen LogP contribution in [0.2, 0.25) is 0 Å². The van der Waals surface area contributed by atoms with Crippen molar-refractivity contribution in [2.45, 2.75) is 26.8 Å². The summed E-state index contributed by atoms with van der Waals surface area (Å²) in [6, 6.07) is 6.00. The Bertz CT molecular complexity index is 999. The average molecular weight is 429 g/mol. The highest BCUT2D eigenvalue weighted by Crippen LogP contribution is 2.37. The molecular formula is C21H23N3O5S. The van der Waals surface area contributed by atoms with Crippen molar-refractivity contribution in [2.75, 3.05) is 25.0 Å². The van der Waals surface area contributed by atoms with Crippen LogP contribution in [0.25, 0.3) is 6.08 Å². The Morgan fingerprint density at radius 3 is 2.87 bits per heavy atom. The summed E-state index contributed by atoms with van der Waals surface area (Å²) in [7, 11) is 0. The van der Waals surface area contributed by atoms with E-state index in [0.717, 1.165) is 36.5 Å². The number of esters is 1. The lowest BCUT2D eigenvalue weighted by atomic mass is 10.0. The van der Waals surface area contributed by atoms with Gasteiger partial charge in [-0.3, -0.25) is 19.8 Å². The molecule has 0 fully saturated rings. The van der Waals surface area contributed by atoms with Crippen LogP contribution in [0.1, 0.15) is 40.2 Å². The summed E-state index contributed by atoms with van der Waals surface area (Å²) in [5, 5.41) is 14.1. The number of thiophene rings is 1. The predicted molar refractivity (Wildman–Crippen MR) is 116 cm³/mol. The molecule has 1 N–H and O–H groups in total. The fraction of sp³-hybridized carbons (Fsp3) is 0.333. The van der Waals surface area contributed by atoms with Crippen molar-refractivity contribution in [1.82, 2.24) is 4.90 Å². The first-order valence-corrected chi connectivity index (χ1v) is 10.5. The molecule has 0 saturated heterocycles. The molecule has 1 amide bonds. The Morgan fingerprint density at radius 2 is 2.17 bits per heavy atom. The monoisotopic (exact) mass is 429 g/mol. The number of hydrogen-bond acceptors (Lipinski definition) is 7. The van der Waals surface area contributed by atoms with Gasteiger partial charge in [0.15, 0.2) is 0 Å². The van der Waals surface area contributed by atoms with E-state index in [-0.39, 0.29) is 12.3 Å². The molecule has 0 saturated carbocycles. The van der Waals surface area contributed by atoms with Crippen LogP contribution in [0, 0.1) is 10.1 Å². The van der Waals surface area contributed by atoms with Crippen molar-refractivity contribution in [3.05, 3.63) is 62.0 Å². The SMILES string of the molecule is CCOC(=O)c1c(NC(=O)C=Cc2cccc([N+](=O)[O-])c2)sc2c1CCN(CC)C2. The number of benzene rings is 1. The molecule has 0 aliphatic carbocycles. The summed E-state index contributed by atoms with van der Waals surface area (Å²) in [6.07, 6.45) is 3.52. The fourth-order valence-electron chi connectivity index (χ4n) is 3.30. The molecule has 1 aliphatic rings. The summed E-state index contributed by atoms with van der Waals surface area (Å²) < 4.78 is 5.21. The minimum atomic E-state index is -0.487. The van der Waals surface area contributed by atoms with E-state index in [1.807, 2.05) is 0 Å². The normalized spacial score (nSPS) is 13.8. The van der Waals surface area contributed by atoms with E-state index in [1.54, 1.807) is 19.1 Å². The van der Waals surface area contributed by atoms with Crippen LogP contribution in [-0.2, 0) is 22.5 Å². The number of ether oxygens (including phenoxy) is 1. The van der Waals surface area contributed by atoms with Crippen molar-refractivity contribution >= 4 is 40.0 Å². The first-order valence-electron chi connectivity index (χ1n) is 9.70. The quantitative estimate of drug-likeness (QED) is 0.310. The number of nitro groups is 1. The summed E-state index contributed by atoms with van der Waals surface area (Å²) in [5.41, 5.74) is 1.87. The highest BCUT2D eigenvalue weighted by molar-refractivity contribution is 7.17. The largest absolute Gasteiger partial charge is 0.462 e. The van der Waals surface area contributed by atoms with Crippen molar-refractivity contribution < 1.29 is 19.2 Å². The standard InChI is InChI=1S/C21H23N3O5S/c1-3-23-11-10-16-17(13-23)30-20(19(16)21(26)29-4-2)22-18(25)9-8-14-6-5-7-15(12-14)24(27)28/h5-9,12H,3-4,10-11,13H2,1-2H3,(H,22,25). The van der Waals surface area contributed by atoms with Crippen LogP contribution in [0.15, 0.2) is 30.3 Å². The lowest BCUT2D eigenvalue weighted by Gasteiger charge is -2.25. The molecule has 0 bridgehead atoms. The first-order chi connectivity index (χ1) is 14.4. The van der Waals surface area contributed by atoms with Gasteiger partial charge in [-0.15, -0.1) is 11.3 Å². The average Bonchev–Trinajstić information content (AvgIpc) is 3.09. The van der Waals surface area contributed by atoms with E-state index in [1.165, 1.54) is 35.6 Å². The number of hydrogen-bond donors (Lipinski definition) is 1. The number of nitrogens with one attached hydrogen (secondary N) is 1. The first kappa shape index (κ1) is 21.7. The second-order valence-corrected chi connectivity index (χ2v) is 7.83. The summed E-state index contributed by atoms with van der Waals surface area (Å²) in [5.74, 6) is -0.851. The molecule has 2 aromatic rings. The zero-order valence-corrected chi connectivity index (χ0v) is 17.7. The number of carbonyl (C=O) groups is 2. The number of anilines is 1. The zero-order valence-electron chi connectivity index (χ0n) is 16.8. The summed E-state index contributed by atoms with van der Waals surface area (Å²) >= 11 is 1.39. The lowest BCUT2D eigenvalue weighted by Crippen LogP contribution is -2.30. The van der Waals surface area contributed by atoms with E-state index in [2.05, 4.69) is 17.1 Å². The van der Waals surface area contributed by atoms with Crippen molar-refractivity contribution in [3.8, 4) is 0 Å². The van der Waals surface area contributed by atoms with Crippen LogP contribution in [-0.4, -0.2) is 41.4 Å². The minimum absolute atomic E-state index is 0.0476. The number of carbonyl (C=O) groups excluding carboxylic acids is 2. The van der Waals surface area contributed by atoms with Crippen LogP contribution < -0.4 is 5.32 Å². The van der Waals surface area contributed by atoms with Gasteiger partial charge in [0.2, 0.25) is 5.91 Å². The highest BCUT2D eigenvalue weighted by Gasteiger charge is 2.28. The molecule has 30 heavy (non-hydrogen) atoms. The number of non-ortho nitro benzene ring substituents is 1. The van der Waals surface area contributed by atoms with Gasteiger partial charge in [-0.25, -0.2) is 4.79 Å². The molecular weight excluding hydrogens is 406 g/mol. The Labute approximate surface area is 178 Å². The van der Waals surface area contributed by atoms with E-state index >= 15 is 0 Å². The Balaban J connectivity index is 1.82. The van der Waals surface area contributed by atoms with E-state index in [0.29, 0.717) is 16.1 Å². The molecule has 8 nitrogen and oxygen atoms in total. The van der Waals surface area contributed by atoms with Gasteiger partial charge in [0.1, 0.15) is 5.00 Å². The zero-order chi connectivity index (χ0) is 21.7. The fourth-order valence-corrected chi connectivity index (χ4v) is 4.58. The molecule has 1 aliphatic heterocycles. The highest BCUT2D eigenvalue weighted by atomic mass is 32.1. The maximum absolute atomic E-state index is 12.5. The molecule has 1 aromatic carbocycles. The summed E-state index contributed by atoms with van der Waals surface area (Å²) in [4.78, 5) is 38.8. The second kappa shape index (κ2) is 9.64. The van der Waals surface area contributed by atoms with Crippen LogP contribution in [0.5, 0.6) is 0 Å². The van der Waals surface area contributed by atoms with Gasteiger partial charge < -0.3 is 10.1 Å². The third-order valence-electron chi connectivity index (χ3n) is 4.81. The number of amides is 1. The van der Waals surface area contributed by atoms with Gasteiger partial charge in [0.05, 0.1) is 17.1 Å². The number of fused-ring (bicyclic) bond motifs is 1. The number of nitro benzene ring substituents is 1. The third-order valence-corrected chi connectivity index (χ3v) is 5.94. The number of rotatable bonds is 7. The maximum atomic E-state index is 12.5. The maximum Gasteiger partial charge on any atom is 0.341 e. The van der Waals surface area contributed by atoms with Gasteiger partial charge >= 0.3 is 5.97 Å². The van der Waals surface area contributed by atoms with Crippen LogP contribution in [0.3, 0.4) is 0 Å². The second-order valence-electron chi connectivity index (χ2n) is 6.72. The number of nitrogens with zero attached hydrogens (tertiary/aromatic N) is 2. The van der Waals surface area contributed by atoms with Gasteiger partial charge in [-0.05, 0) is 37.1 Å². The topological polar surface area (TPSA) is 102 Å². The third kappa shape index (κ3) is 4.92. The van der Waals surface area contributed by atoms with Gasteiger partial charge in [-0.2, -0.15) is 0 Å². The molecule has 1 aromatic heterocycles. The smallest absolute Gasteiger partial charge is 0.341 e. The Hall–Kier alpha value is -3.04. The Morgan fingerprint density at radius 1 is 1.37 bits per heavy atom.